The molecule has 0 aliphatic carbocycles. The van der Waals surface area contributed by atoms with Crippen LogP contribution in [0, 0.1) is 0 Å². The maximum absolute atomic E-state index is 11.8. The fourth-order valence-electron chi connectivity index (χ4n) is 1.53. The highest BCUT2D eigenvalue weighted by atomic mass is 79.9. The zero-order valence-corrected chi connectivity index (χ0v) is 12.4. The van der Waals surface area contributed by atoms with Gasteiger partial charge in [0.25, 0.3) is 0 Å². The number of hydrogen-bond donors (Lipinski definition) is 0. The topological polar surface area (TPSA) is 35.5 Å². The zero-order valence-electron chi connectivity index (χ0n) is 10.8. The van der Waals surface area contributed by atoms with Gasteiger partial charge in [-0.2, -0.15) is 0 Å². The van der Waals surface area contributed by atoms with Gasteiger partial charge in [-0.3, -0.25) is 0 Å². The molecule has 0 fully saturated rings. The molecular formula is C14H19BrO3. The van der Waals surface area contributed by atoms with E-state index in [2.05, 4.69) is 22.9 Å². The van der Waals surface area contributed by atoms with Crippen molar-refractivity contribution in [3.05, 3.63) is 28.7 Å². The first-order chi connectivity index (χ1) is 8.67. The van der Waals surface area contributed by atoms with E-state index < -0.39 is 6.10 Å². The largest absolute Gasteiger partial charge is 0.479 e. The summed E-state index contributed by atoms with van der Waals surface area (Å²) in [5.74, 6) is 0.404. The highest BCUT2D eigenvalue weighted by Gasteiger charge is 2.21. The molecule has 0 saturated carbocycles. The van der Waals surface area contributed by atoms with Crippen LogP contribution in [0.1, 0.15) is 33.1 Å². The summed E-state index contributed by atoms with van der Waals surface area (Å²) in [6.07, 6.45) is 2.15. The maximum Gasteiger partial charge on any atom is 0.347 e. The Morgan fingerprint density at radius 2 is 1.94 bits per heavy atom. The molecule has 3 nitrogen and oxygen atoms in total. The molecule has 1 aromatic carbocycles. The number of rotatable bonds is 7. The number of unbranched alkanes of at least 4 members (excludes halogenated alkanes) is 1. The van der Waals surface area contributed by atoms with Crippen molar-refractivity contribution >= 4 is 21.9 Å². The van der Waals surface area contributed by atoms with Crippen molar-refractivity contribution in [2.75, 3.05) is 6.61 Å². The van der Waals surface area contributed by atoms with E-state index in [0.717, 1.165) is 17.3 Å². The van der Waals surface area contributed by atoms with E-state index in [1.54, 1.807) is 6.92 Å². The molecule has 0 heterocycles. The fourth-order valence-corrected chi connectivity index (χ4v) is 1.79. The smallest absolute Gasteiger partial charge is 0.347 e. The number of esters is 1. The average molecular weight is 315 g/mol. The van der Waals surface area contributed by atoms with Crippen molar-refractivity contribution in [3.63, 3.8) is 0 Å². The van der Waals surface area contributed by atoms with Crippen molar-refractivity contribution in [3.8, 4) is 5.75 Å². The molecule has 0 aliphatic rings. The molecule has 0 aromatic heterocycles. The minimum atomic E-state index is -0.508. The molecule has 1 atom stereocenters. The number of hydrogen-bond acceptors (Lipinski definition) is 3. The predicted octanol–water partition coefficient (Wildman–Crippen LogP) is 3.95. The van der Waals surface area contributed by atoms with Crippen LogP contribution >= 0.6 is 15.9 Å². The van der Waals surface area contributed by atoms with Crippen molar-refractivity contribution in [2.24, 2.45) is 0 Å². The molecule has 4 heteroatoms. The lowest BCUT2D eigenvalue weighted by Crippen LogP contribution is -2.29. The Kier molecular flexibility index (Phi) is 6.80. The van der Waals surface area contributed by atoms with Gasteiger partial charge in [-0.25, -0.2) is 4.79 Å². The summed E-state index contributed by atoms with van der Waals surface area (Å²) in [6, 6.07) is 7.44. The highest BCUT2D eigenvalue weighted by Crippen LogP contribution is 2.19. The van der Waals surface area contributed by atoms with Gasteiger partial charge in [0.05, 0.1) is 6.61 Å². The summed E-state index contributed by atoms with van der Waals surface area (Å²) in [6.45, 7) is 4.27. The Morgan fingerprint density at radius 3 is 2.50 bits per heavy atom. The number of halogens is 1. The SMILES string of the molecule is CCCCC(Oc1ccc(Br)cc1)C(=O)OCC. The van der Waals surface area contributed by atoms with Gasteiger partial charge in [0, 0.05) is 4.47 Å². The molecule has 1 unspecified atom stereocenters. The second-order valence-electron chi connectivity index (χ2n) is 3.95. The Morgan fingerprint density at radius 1 is 1.28 bits per heavy atom. The Hall–Kier alpha value is -1.03. The van der Waals surface area contributed by atoms with Gasteiger partial charge in [-0.05, 0) is 44.0 Å². The Labute approximate surface area is 117 Å². The maximum atomic E-state index is 11.8. The van der Waals surface area contributed by atoms with Crippen LogP contribution in [0.25, 0.3) is 0 Å². The van der Waals surface area contributed by atoms with Crippen LogP contribution in [0.15, 0.2) is 28.7 Å². The van der Waals surface area contributed by atoms with Gasteiger partial charge in [0.15, 0.2) is 6.10 Å². The monoisotopic (exact) mass is 314 g/mol. The fraction of sp³-hybridized carbons (Fsp3) is 0.500. The van der Waals surface area contributed by atoms with Crippen molar-refractivity contribution in [1.82, 2.24) is 0 Å². The zero-order chi connectivity index (χ0) is 13.4. The number of carbonyl (C=O) groups excluding carboxylic acids is 1. The Bertz CT molecular complexity index is 362. The second kappa shape index (κ2) is 8.14. The van der Waals surface area contributed by atoms with Gasteiger partial charge in [0.1, 0.15) is 5.75 Å². The molecule has 0 spiro atoms. The van der Waals surface area contributed by atoms with Crippen LogP contribution in [0.3, 0.4) is 0 Å². The van der Waals surface area contributed by atoms with E-state index in [1.165, 1.54) is 0 Å². The first kappa shape index (κ1) is 15.0. The van der Waals surface area contributed by atoms with E-state index in [9.17, 15) is 4.79 Å². The molecule has 1 aromatic rings. The molecule has 0 amide bonds. The third-order valence-electron chi connectivity index (χ3n) is 2.46. The molecular weight excluding hydrogens is 296 g/mol. The molecule has 0 bridgehead atoms. The standard InChI is InChI=1S/C14H19BrO3/c1-3-5-6-13(14(16)17-4-2)18-12-9-7-11(15)8-10-12/h7-10,13H,3-6H2,1-2H3. The van der Waals surface area contributed by atoms with Gasteiger partial charge in [0.2, 0.25) is 0 Å². The third kappa shape index (κ3) is 5.08. The van der Waals surface area contributed by atoms with Gasteiger partial charge in [-0.1, -0.05) is 29.3 Å². The highest BCUT2D eigenvalue weighted by molar-refractivity contribution is 9.10. The predicted molar refractivity (Wildman–Crippen MR) is 74.7 cm³/mol. The summed E-state index contributed by atoms with van der Waals surface area (Å²) in [5.41, 5.74) is 0. The number of benzene rings is 1. The first-order valence-corrected chi connectivity index (χ1v) is 7.05. The number of ether oxygens (including phenoxy) is 2. The number of carbonyl (C=O) groups is 1. The summed E-state index contributed by atoms with van der Waals surface area (Å²) in [5, 5.41) is 0. The molecule has 0 N–H and O–H groups in total. The van der Waals surface area contributed by atoms with E-state index in [1.807, 2.05) is 24.3 Å². The van der Waals surface area contributed by atoms with E-state index in [-0.39, 0.29) is 5.97 Å². The average Bonchev–Trinajstić information content (AvgIpc) is 2.37. The molecule has 0 saturated heterocycles. The summed E-state index contributed by atoms with van der Waals surface area (Å²) < 4.78 is 11.7. The molecule has 0 aliphatic heterocycles. The van der Waals surface area contributed by atoms with Crippen LogP contribution in [-0.2, 0) is 9.53 Å². The molecule has 18 heavy (non-hydrogen) atoms. The van der Waals surface area contributed by atoms with E-state index in [4.69, 9.17) is 9.47 Å². The van der Waals surface area contributed by atoms with Crippen molar-refractivity contribution < 1.29 is 14.3 Å². The normalized spacial score (nSPS) is 11.9. The van der Waals surface area contributed by atoms with Crippen molar-refractivity contribution in [2.45, 2.75) is 39.2 Å². The van der Waals surface area contributed by atoms with Gasteiger partial charge < -0.3 is 9.47 Å². The first-order valence-electron chi connectivity index (χ1n) is 6.26. The second-order valence-corrected chi connectivity index (χ2v) is 4.87. The molecule has 100 valence electrons. The lowest BCUT2D eigenvalue weighted by molar-refractivity contribution is -0.151. The van der Waals surface area contributed by atoms with E-state index >= 15 is 0 Å². The molecule has 0 radical (unpaired) electrons. The van der Waals surface area contributed by atoms with Crippen LogP contribution in [0.5, 0.6) is 5.75 Å². The Balaban J connectivity index is 2.64. The minimum absolute atomic E-state index is 0.283. The van der Waals surface area contributed by atoms with E-state index in [0.29, 0.717) is 18.8 Å². The van der Waals surface area contributed by atoms with Gasteiger partial charge >= 0.3 is 5.97 Å². The minimum Gasteiger partial charge on any atom is -0.479 e. The van der Waals surface area contributed by atoms with Crippen molar-refractivity contribution in [1.29, 1.82) is 0 Å². The van der Waals surface area contributed by atoms with Gasteiger partial charge in [-0.15, -0.1) is 0 Å². The third-order valence-corrected chi connectivity index (χ3v) is 2.99. The van der Waals surface area contributed by atoms with Crippen LogP contribution < -0.4 is 4.74 Å². The quantitative estimate of drug-likeness (QED) is 0.715. The lowest BCUT2D eigenvalue weighted by Gasteiger charge is -2.17. The van der Waals surface area contributed by atoms with Crippen LogP contribution in [0.2, 0.25) is 0 Å². The summed E-state index contributed by atoms with van der Waals surface area (Å²) in [4.78, 5) is 11.8. The molecule has 1 rings (SSSR count). The summed E-state index contributed by atoms with van der Waals surface area (Å²) >= 11 is 3.36. The summed E-state index contributed by atoms with van der Waals surface area (Å²) in [7, 11) is 0. The van der Waals surface area contributed by atoms with Crippen LogP contribution in [-0.4, -0.2) is 18.7 Å². The lowest BCUT2D eigenvalue weighted by atomic mass is 10.1. The van der Waals surface area contributed by atoms with Crippen LogP contribution in [0.4, 0.5) is 0 Å².